The number of anilines is 1. The molecule has 1 atom stereocenters. The quantitative estimate of drug-likeness (QED) is 0.925. The van der Waals surface area contributed by atoms with E-state index in [2.05, 4.69) is 22.3 Å². The zero-order chi connectivity index (χ0) is 15.4. The lowest BCUT2D eigenvalue weighted by atomic mass is 10.0. The molecule has 1 aromatic carbocycles. The molecule has 122 valence electrons. The van der Waals surface area contributed by atoms with Gasteiger partial charge in [0.2, 0.25) is 0 Å². The van der Waals surface area contributed by atoms with Gasteiger partial charge in [-0.3, -0.25) is 0 Å². The number of piperidine rings is 1. The molecule has 3 rings (SSSR count). The molecule has 22 heavy (non-hydrogen) atoms. The van der Waals surface area contributed by atoms with Crippen molar-refractivity contribution in [3.8, 4) is 11.5 Å². The second kappa shape index (κ2) is 7.20. The minimum absolute atomic E-state index is 0.0213. The molecule has 5 nitrogen and oxygen atoms in total. The molecule has 2 heterocycles. The minimum Gasteiger partial charge on any atom is -0.496 e. The van der Waals surface area contributed by atoms with Gasteiger partial charge in [0.15, 0.2) is 0 Å². The van der Waals surface area contributed by atoms with E-state index in [9.17, 15) is 0 Å². The van der Waals surface area contributed by atoms with Gasteiger partial charge in [0.25, 0.3) is 0 Å². The van der Waals surface area contributed by atoms with Gasteiger partial charge in [0, 0.05) is 37.8 Å². The maximum absolute atomic E-state index is 5.88. The summed E-state index contributed by atoms with van der Waals surface area (Å²) < 4.78 is 17.2. The van der Waals surface area contributed by atoms with Gasteiger partial charge in [-0.15, -0.1) is 0 Å². The van der Waals surface area contributed by atoms with Crippen molar-refractivity contribution < 1.29 is 14.2 Å². The summed E-state index contributed by atoms with van der Waals surface area (Å²) in [6.07, 6.45) is 3.81. The van der Waals surface area contributed by atoms with Crippen LogP contribution in [0.2, 0.25) is 0 Å². The summed E-state index contributed by atoms with van der Waals surface area (Å²) in [5.41, 5.74) is 2.19. The van der Waals surface area contributed by atoms with E-state index < -0.39 is 0 Å². The number of ether oxygens (including phenoxy) is 3. The molecule has 0 aliphatic carbocycles. The second-order valence-corrected chi connectivity index (χ2v) is 5.88. The Labute approximate surface area is 132 Å². The zero-order valence-electron chi connectivity index (χ0n) is 13.6. The van der Waals surface area contributed by atoms with E-state index in [0.29, 0.717) is 0 Å². The molecular formula is C17H26N2O3. The standard InChI is InChI=1S/C17H26N2O3/c1-20-15-11-14(19-7-4-3-5-8-19)16(21-2)10-13(15)17-12-18-6-9-22-17/h10-11,17-18H,3-9,12H2,1-2H3. The number of nitrogens with zero attached hydrogens (tertiary/aromatic N) is 1. The Morgan fingerprint density at radius 1 is 1.09 bits per heavy atom. The van der Waals surface area contributed by atoms with Crippen LogP contribution < -0.4 is 19.7 Å². The molecular weight excluding hydrogens is 280 g/mol. The van der Waals surface area contributed by atoms with Gasteiger partial charge < -0.3 is 24.4 Å². The van der Waals surface area contributed by atoms with Gasteiger partial charge in [0.05, 0.1) is 32.6 Å². The Morgan fingerprint density at radius 3 is 2.50 bits per heavy atom. The lowest BCUT2D eigenvalue weighted by Gasteiger charge is -2.32. The van der Waals surface area contributed by atoms with E-state index in [0.717, 1.165) is 55.5 Å². The third kappa shape index (κ3) is 3.15. The number of methoxy groups -OCH3 is 2. The highest BCUT2D eigenvalue weighted by Gasteiger charge is 2.24. The summed E-state index contributed by atoms with van der Waals surface area (Å²) in [4.78, 5) is 2.40. The Kier molecular flexibility index (Phi) is 5.05. The van der Waals surface area contributed by atoms with Gasteiger partial charge >= 0.3 is 0 Å². The van der Waals surface area contributed by atoms with Gasteiger partial charge in [-0.25, -0.2) is 0 Å². The fourth-order valence-electron chi connectivity index (χ4n) is 3.30. The predicted octanol–water partition coefficient (Wildman–Crippen LogP) is 2.36. The molecule has 1 N–H and O–H groups in total. The first-order valence-electron chi connectivity index (χ1n) is 8.16. The van der Waals surface area contributed by atoms with Gasteiger partial charge in [-0.2, -0.15) is 0 Å². The maximum Gasteiger partial charge on any atom is 0.142 e. The lowest BCUT2D eigenvalue weighted by molar-refractivity contribution is 0.0261. The van der Waals surface area contributed by atoms with Crippen LogP contribution in [0.25, 0.3) is 0 Å². The highest BCUT2D eigenvalue weighted by molar-refractivity contribution is 5.64. The number of nitrogens with one attached hydrogen (secondary N) is 1. The molecule has 2 saturated heterocycles. The summed E-state index contributed by atoms with van der Waals surface area (Å²) in [7, 11) is 3.46. The summed E-state index contributed by atoms with van der Waals surface area (Å²) in [6, 6.07) is 4.19. The smallest absolute Gasteiger partial charge is 0.142 e. The summed E-state index contributed by atoms with van der Waals surface area (Å²) in [5, 5.41) is 3.37. The predicted molar refractivity (Wildman–Crippen MR) is 87.2 cm³/mol. The number of morpholine rings is 1. The molecule has 0 saturated carbocycles. The first-order valence-corrected chi connectivity index (χ1v) is 8.16. The molecule has 0 radical (unpaired) electrons. The highest BCUT2D eigenvalue weighted by atomic mass is 16.5. The molecule has 1 aromatic rings. The first kappa shape index (κ1) is 15.4. The van der Waals surface area contributed by atoms with Crippen LogP contribution in [0.4, 0.5) is 5.69 Å². The van der Waals surface area contributed by atoms with Crippen molar-refractivity contribution in [2.75, 3.05) is 51.9 Å². The van der Waals surface area contributed by atoms with Crippen molar-refractivity contribution in [2.45, 2.75) is 25.4 Å². The third-order valence-corrected chi connectivity index (χ3v) is 4.50. The van der Waals surface area contributed by atoms with E-state index in [1.54, 1.807) is 14.2 Å². The lowest BCUT2D eigenvalue weighted by Crippen LogP contribution is -2.33. The summed E-state index contributed by atoms with van der Waals surface area (Å²) in [6.45, 7) is 4.61. The molecule has 1 unspecified atom stereocenters. The third-order valence-electron chi connectivity index (χ3n) is 4.50. The van der Waals surface area contributed by atoms with Crippen molar-refractivity contribution in [1.29, 1.82) is 0 Å². The Hall–Kier alpha value is -1.46. The van der Waals surface area contributed by atoms with Gasteiger partial charge in [-0.05, 0) is 25.3 Å². The average Bonchev–Trinajstić information content (AvgIpc) is 2.62. The molecule has 2 fully saturated rings. The minimum atomic E-state index is 0.0213. The summed E-state index contributed by atoms with van der Waals surface area (Å²) >= 11 is 0. The number of hydrogen-bond acceptors (Lipinski definition) is 5. The largest absolute Gasteiger partial charge is 0.496 e. The van der Waals surface area contributed by atoms with E-state index in [1.807, 2.05) is 0 Å². The van der Waals surface area contributed by atoms with E-state index in [4.69, 9.17) is 14.2 Å². The molecule has 0 bridgehead atoms. The topological polar surface area (TPSA) is 43.0 Å². The summed E-state index contributed by atoms with van der Waals surface area (Å²) in [5.74, 6) is 1.79. The van der Waals surface area contributed by atoms with Crippen LogP contribution >= 0.6 is 0 Å². The molecule has 0 aromatic heterocycles. The van der Waals surface area contributed by atoms with Gasteiger partial charge in [0.1, 0.15) is 11.5 Å². The van der Waals surface area contributed by atoms with Crippen LogP contribution in [0, 0.1) is 0 Å². The van der Waals surface area contributed by atoms with E-state index in [-0.39, 0.29) is 6.10 Å². The maximum atomic E-state index is 5.88. The van der Waals surface area contributed by atoms with Crippen molar-refractivity contribution in [1.82, 2.24) is 5.32 Å². The molecule has 0 spiro atoms. The van der Waals surface area contributed by atoms with Crippen LogP contribution in [0.15, 0.2) is 12.1 Å². The van der Waals surface area contributed by atoms with Crippen LogP contribution in [-0.2, 0) is 4.74 Å². The molecule has 5 heteroatoms. The van der Waals surface area contributed by atoms with Crippen molar-refractivity contribution >= 4 is 5.69 Å². The van der Waals surface area contributed by atoms with E-state index in [1.165, 1.54) is 19.3 Å². The zero-order valence-corrected chi connectivity index (χ0v) is 13.6. The van der Waals surface area contributed by atoms with Gasteiger partial charge in [-0.1, -0.05) is 0 Å². The SMILES string of the molecule is COc1cc(N2CCCCC2)c(OC)cc1C1CNCCO1. The average molecular weight is 306 g/mol. The Bertz CT molecular complexity index is 449. The van der Waals surface area contributed by atoms with E-state index >= 15 is 0 Å². The number of rotatable bonds is 4. The molecule has 2 aliphatic rings. The Morgan fingerprint density at radius 2 is 1.86 bits per heavy atom. The molecule has 0 amide bonds. The van der Waals surface area contributed by atoms with Crippen molar-refractivity contribution in [3.05, 3.63) is 17.7 Å². The van der Waals surface area contributed by atoms with Crippen LogP contribution in [0.5, 0.6) is 11.5 Å². The van der Waals surface area contributed by atoms with Crippen molar-refractivity contribution in [3.63, 3.8) is 0 Å². The van der Waals surface area contributed by atoms with Crippen LogP contribution in [-0.4, -0.2) is 47.0 Å². The molecule has 2 aliphatic heterocycles. The normalized spacial score (nSPS) is 22.5. The second-order valence-electron chi connectivity index (χ2n) is 5.88. The monoisotopic (exact) mass is 306 g/mol. The fraction of sp³-hybridized carbons (Fsp3) is 0.647. The highest BCUT2D eigenvalue weighted by Crippen LogP contribution is 2.40. The number of hydrogen-bond donors (Lipinski definition) is 1. The van der Waals surface area contributed by atoms with Crippen LogP contribution in [0.3, 0.4) is 0 Å². The van der Waals surface area contributed by atoms with Crippen molar-refractivity contribution in [2.24, 2.45) is 0 Å². The van der Waals surface area contributed by atoms with Crippen LogP contribution in [0.1, 0.15) is 30.9 Å². The first-order chi connectivity index (χ1) is 10.8. The number of benzene rings is 1. The Balaban J connectivity index is 1.94. The fourth-order valence-corrected chi connectivity index (χ4v) is 3.30.